The van der Waals surface area contributed by atoms with E-state index in [1.54, 1.807) is 11.3 Å². The molecule has 1 aliphatic carbocycles. The Balaban J connectivity index is 1.62. The van der Waals surface area contributed by atoms with Gasteiger partial charge in [-0.2, -0.15) is 11.3 Å². The van der Waals surface area contributed by atoms with Gasteiger partial charge >= 0.3 is 0 Å². The Bertz CT molecular complexity index is 371. The van der Waals surface area contributed by atoms with Crippen LogP contribution < -0.4 is 10.9 Å². The summed E-state index contributed by atoms with van der Waals surface area (Å²) in [5.41, 5.74) is 6.03. The number of rotatable bonds is 4. The van der Waals surface area contributed by atoms with Crippen LogP contribution in [0.3, 0.4) is 0 Å². The summed E-state index contributed by atoms with van der Waals surface area (Å²) in [4.78, 5) is 22.6. The molecule has 0 atom stereocenters. The fraction of sp³-hybridized carbons (Fsp3) is 0.455. The Morgan fingerprint density at radius 2 is 2.19 bits per heavy atom. The average Bonchev–Trinajstić information content (AvgIpc) is 3.01. The van der Waals surface area contributed by atoms with Crippen molar-refractivity contribution in [1.82, 2.24) is 10.9 Å². The summed E-state index contributed by atoms with van der Waals surface area (Å²) in [7, 11) is 0. The minimum atomic E-state index is -0.139. The Hall–Kier alpha value is -1.36. The van der Waals surface area contributed by atoms with Gasteiger partial charge in [-0.1, -0.05) is 0 Å². The number of hydrogen-bond donors (Lipinski definition) is 2. The molecule has 86 valence electrons. The molecule has 0 saturated heterocycles. The van der Waals surface area contributed by atoms with Crippen LogP contribution in [0.4, 0.5) is 0 Å². The maximum atomic E-state index is 11.4. The number of aryl methyl sites for hydroxylation is 1. The summed E-state index contributed by atoms with van der Waals surface area (Å²) in [6.07, 6.45) is 3.00. The van der Waals surface area contributed by atoms with Gasteiger partial charge in [-0.15, -0.1) is 0 Å². The molecule has 0 bridgehead atoms. The van der Waals surface area contributed by atoms with Crippen molar-refractivity contribution in [2.75, 3.05) is 0 Å². The zero-order chi connectivity index (χ0) is 11.4. The van der Waals surface area contributed by atoms with E-state index in [4.69, 9.17) is 0 Å². The van der Waals surface area contributed by atoms with E-state index in [0.29, 0.717) is 12.8 Å². The van der Waals surface area contributed by atoms with E-state index in [1.807, 2.05) is 16.8 Å². The highest BCUT2D eigenvalue weighted by Gasteiger charge is 2.29. The highest BCUT2D eigenvalue weighted by Crippen LogP contribution is 2.28. The van der Waals surface area contributed by atoms with Crippen LogP contribution in [0, 0.1) is 5.92 Å². The van der Waals surface area contributed by atoms with Crippen LogP contribution in [0.25, 0.3) is 0 Å². The van der Waals surface area contributed by atoms with Crippen LogP contribution in [0.5, 0.6) is 0 Å². The molecule has 2 amide bonds. The van der Waals surface area contributed by atoms with E-state index >= 15 is 0 Å². The summed E-state index contributed by atoms with van der Waals surface area (Å²) in [6.45, 7) is 0. The highest BCUT2D eigenvalue weighted by molar-refractivity contribution is 7.07. The lowest BCUT2D eigenvalue weighted by Crippen LogP contribution is -2.42. The number of carbonyl (C=O) groups is 2. The lowest BCUT2D eigenvalue weighted by atomic mass is 10.2. The van der Waals surface area contributed by atoms with Gasteiger partial charge in [0.15, 0.2) is 0 Å². The Morgan fingerprint density at radius 3 is 2.81 bits per heavy atom. The van der Waals surface area contributed by atoms with Gasteiger partial charge in [-0.3, -0.25) is 20.4 Å². The van der Waals surface area contributed by atoms with Crippen molar-refractivity contribution >= 4 is 23.2 Å². The molecule has 0 radical (unpaired) electrons. The van der Waals surface area contributed by atoms with Crippen molar-refractivity contribution in [3.8, 4) is 0 Å². The average molecular weight is 238 g/mol. The quantitative estimate of drug-likeness (QED) is 0.775. The third kappa shape index (κ3) is 3.34. The predicted octanol–water partition coefficient (Wildman–Crippen LogP) is 1.24. The fourth-order valence-corrected chi connectivity index (χ4v) is 2.04. The normalized spacial score (nSPS) is 14.5. The molecule has 2 N–H and O–H groups in total. The van der Waals surface area contributed by atoms with E-state index in [1.165, 1.54) is 0 Å². The molecule has 2 rings (SSSR count). The van der Waals surface area contributed by atoms with E-state index in [2.05, 4.69) is 10.9 Å². The van der Waals surface area contributed by atoms with Crippen molar-refractivity contribution in [2.24, 2.45) is 5.92 Å². The molecule has 0 aromatic carbocycles. The van der Waals surface area contributed by atoms with Crippen LogP contribution in [-0.2, 0) is 16.0 Å². The van der Waals surface area contributed by atoms with Crippen molar-refractivity contribution in [1.29, 1.82) is 0 Å². The van der Waals surface area contributed by atoms with E-state index < -0.39 is 0 Å². The molecule has 0 unspecified atom stereocenters. The third-order valence-corrected chi connectivity index (χ3v) is 3.23. The summed E-state index contributed by atoms with van der Waals surface area (Å²) in [5.74, 6) is -0.0822. The second kappa shape index (κ2) is 5.12. The van der Waals surface area contributed by atoms with Crippen molar-refractivity contribution < 1.29 is 9.59 Å². The Kier molecular flexibility index (Phi) is 3.56. The molecular formula is C11H14N2O2S. The topological polar surface area (TPSA) is 58.2 Å². The predicted molar refractivity (Wildman–Crippen MR) is 61.6 cm³/mol. The monoisotopic (exact) mass is 238 g/mol. The third-order valence-electron chi connectivity index (χ3n) is 2.49. The summed E-state index contributed by atoms with van der Waals surface area (Å²) in [5, 5.41) is 4.01. The van der Waals surface area contributed by atoms with E-state index in [9.17, 15) is 9.59 Å². The molecule has 1 heterocycles. The van der Waals surface area contributed by atoms with Crippen LogP contribution in [0.2, 0.25) is 0 Å². The zero-order valence-corrected chi connectivity index (χ0v) is 9.68. The van der Waals surface area contributed by atoms with Crippen molar-refractivity contribution in [3.63, 3.8) is 0 Å². The van der Waals surface area contributed by atoms with Gasteiger partial charge in [0.25, 0.3) is 0 Å². The summed E-state index contributed by atoms with van der Waals surface area (Å²) < 4.78 is 0. The second-order valence-electron chi connectivity index (χ2n) is 3.94. The Labute approximate surface area is 98.0 Å². The molecule has 16 heavy (non-hydrogen) atoms. The van der Waals surface area contributed by atoms with Crippen LogP contribution >= 0.6 is 11.3 Å². The molecule has 1 aliphatic rings. The first kappa shape index (κ1) is 11.1. The molecule has 5 heteroatoms. The SMILES string of the molecule is O=C(CCc1ccsc1)NNC(=O)C1CC1. The lowest BCUT2D eigenvalue weighted by Gasteiger charge is -2.05. The molecule has 1 saturated carbocycles. The number of amides is 2. The largest absolute Gasteiger partial charge is 0.273 e. The van der Waals surface area contributed by atoms with Crippen molar-refractivity contribution in [3.05, 3.63) is 22.4 Å². The van der Waals surface area contributed by atoms with Crippen LogP contribution in [0.15, 0.2) is 16.8 Å². The number of hydrazine groups is 1. The standard InChI is InChI=1S/C11H14N2O2S/c14-10(4-1-8-5-6-16-7-8)12-13-11(15)9-2-3-9/h5-7,9H,1-4H2,(H,12,14)(H,13,15). The van der Waals surface area contributed by atoms with Gasteiger partial charge in [-0.25, -0.2) is 0 Å². The van der Waals surface area contributed by atoms with E-state index in [0.717, 1.165) is 18.4 Å². The van der Waals surface area contributed by atoms with Crippen molar-refractivity contribution in [2.45, 2.75) is 25.7 Å². The molecule has 0 spiro atoms. The minimum absolute atomic E-state index is 0.0658. The second-order valence-corrected chi connectivity index (χ2v) is 4.72. The fourth-order valence-electron chi connectivity index (χ4n) is 1.33. The number of nitrogens with one attached hydrogen (secondary N) is 2. The molecular weight excluding hydrogens is 224 g/mol. The summed E-state index contributed by atoms with van der Waals surface area (Å²) >= 11 is 1.62. The van der Waals surface area contributed by atoms with Crippen LogP contribution in [-0.4, -0.2) is 11.8 Å². The van der Waals surface area contributed by atoms with Gasteiger partial charge in [0, 0.05) is 12.3 Å². The maximum Gasteiger partial charge on any atom is 0.241 e. The van der Waals surface area contributed by atoms with Gasteiger partial charge in [-0.05, 0) is 41.7 Å². The smallest absolute Gasteiger partial charge is 0.241 e. The van der Waals surface area contributed by atoms with Crippen LogP contribution in [0.1, 0.15) is 24.8 Å². The van der Waals surface area contributed by atoms with E-state index in [-0.39, 0.29) is 17.7 Å². The van der Waals surface area contributed by atoms with Gasteiger partial charge < -0.3 is 0 Å². The number of thiophene rings is 1. The number of hydrogen-bond acceptors (Lipinski definition) is 3. The first-order valence-electron chi connectivity index (χ1n) is 5.35. The van der Waals surface area contributed by atoms with Gasteiger partial charge in [0.1, 0.15) is 0 Å². The lowest BCUT2D eigenvalue weighted by molar-refractivity contribution is -0.129. The first-order valence-corrected chi connectivity index (χ1v) is 6.30. The zero-order valence-electron chi connectivity index (χ0n) is 8.86. The Morgan fingerprint density at radius 1 is 1.38 bits per heavy atom. The molecule has 4 nitrogen and oxygen atoms in total. The maximum absolute atomic E-state index is 11.4. The molecule has 1 fully saturated rings. The highest BCUT2D eigenvalue weighted by atomic mass is 32.1. The van der Waals surface area contributed by atoms with Gasteiger partial charge in [0.05, 0.1) is 0 Å². The molecule has 0 aliphatic heterocycles. The molecule has 1 aromatic rings. The van der Waals surface area contributed by atoms with Gasteiger partial charge in [0.2, 0.25) is 11.8 Å². The minimum Gasteiger partial charge on any atom is -0.273 e. The number of carbonyl (C=O) groups excluding carboxylic acids is 2. The molecule has 1 aromatic heterocycles. The first-order chi connectivity index (χ1) is 7.75. The summed E-state index contributed by atoms with van der Waals surface area (Å²) in [6, 6.07) is 2.00.